The maximum absolute atomic E-state index is 12.9. The molecule has 1 N–H and O–H groups in total. The number of nitrogens with one attached hydrogen (secondary N) is 1. The molecule has 0 bridgehead atoms. The van der Waals surface area contributed by atoms with E-state index in [1.807, 2.05) is 0 Å². The summed E-state index contributed by atoms with van der Waals surface area (Å²) in [5.41, 5.74) is 0.853. The highest BCUT2D eigenvalue weighted by Crippen LogP contribution is 2.26. The van der Waals surface area contributed by atoms with E-state index in [2.05, 4.69) is 5.32 Å². The van der Waals surface area contributed by atoms with Crippen molar-refractivity contribution in [3.8, 4) is 0 Å². The minimum Gasteiger partial charge on any atom is -0.326 e. The van der Waals surface area contributed by atoms with Crippen molar-refractivity contribution in [3.63, 3.8) is 0 Å². The summed E-state index contributed by atoms with van der Waals surface area (Å²) in [6.07, 6.45) is 2.21. The molecule has 31 heavy (non-hydrogen) atoms. The van der Waals surface area contributed by atoms with Crippen LogP contribution in [0.5, 0.6) is 0 Å². The third-order valence-corrected chi connectivity index (χ3v) is 8.52. The largest absolute Gasteiger partial charge is 0.326 e. The predicted octanol–water partition coefficient (Wildman–Crippen LogP) is 2.78. The SMILES string of the molecule is CN(c1cccc(NC(=O)[C@H]2CCCN(S(=O)(=O)c3ccc(Cl)cc3)C2)c1)S(C)(=O)=O. The van der Waals surface area contributed by atoms with Crippen molar-refractivity contribution in [2.45, 2.75) is 17.7 Å². The van der Waals surface area contributed by atoms with Gasteiger partial charge in [0.1, 0.15) is 0 Å². The quantitative estimate of drug-likeness (QED) is 0.677. The average molecular weight is 486 g/mol. The van der Waals surface area contributed by atoms with Crippen molar-refractivity contribution in [1.82, 2.24) is 4.31 Å². The zero-order chi connectivity index (χ0) is 22.8. The van der Waals surface area contributed by atoms with Crippen LogP contribution in [0.2, 0.25) is 5.02 Å². The summed E-state index contributed by atoms with van der Waals surface area (Å²) in [5.74, 6) is -0.831. The van der Waals surface area contributed by atoms with E-state index in [4.69, 9.17) is 11.6 Å². The molecule has 1 amide bonds. The molecule has 8 nitrogen and oxygen atoms in total. The molecule has 1 aliphatic heterocycles. The zero-order valence-corrected chi connectivity index (χ0v) is 19.5. The van der Waals surface area contributed by atoms with Gasteiger partial charge in [-0.2, -0.15) is 4.31 Å². The van der Waals surface area contributed by atoms with Gasteiger partial charge >= 0.3 is 0 Å². The maximum atomic E-state index is 12.9. The summed E-state index contributed by atoms with van der Waals surface area (Å²) < 4.78 is 51.8. The van der Waals surface area contributed by atoms with Crippen molar-refractivity contribution < 1.29 is 21.6 Å². The molecule has 0 aliphatic carbocycles. The highest BCUT2D eigenvalue weighted by molar-refractivity contribution is 7.92. The first-order valence-electron chi connectivity index (χ1n) is 9.59. The van der Waals surface area contributed by atoms with Crippen molar-refractivity contribution in [2.24, 2.45) is 5.92 Å². The van der Waals surface area contributed by atoms with Gasteiger partial charge in [-0.05, 0) is 55.3 Å². The van der Waals surface area contributed by atoms with E-state index in [1.54, 1.807) is 24.3 Å². The maximum Gasteiger partial charge on any atom is 0.243 e. The van der Waals surface area contributed by atoms with Crippen LogP contribution in [0.4, 0.5) is 11.4 Å². The molecule has 1 heterocycles. The van der Waals surface area contributed by atoms with Crippen LogP contribution in [0.25, 0.3) is 0 Å². The Kier molecular flexibility index (Phi) is 6.95. The summed E-state index contributed by atoms with van der Waals surface area (Å²) >= 11 is 5.85. The highest BCUT2D eigenvalue weighted by Gasteiger charge is 2.33. The topological polar surface area (TPSA) is 104 Å². The molecule has 0 radical (unpaired) electrons. The number of rotatable bonds is 6. The fourth-order valence-electron chi connectivity index (χ4n) is 3.35. The van der Waals surface area contributed by atoms with Crippen LogP contribution in [0.15, 0.2) is 53.4 Å². The van der Waals surface area contributed by atoms with Crippen LogP contribution in [0.1, 0.15) is 12.8 Å². The number of piperidine rings is 1. The molecule has 11 heteroatoms. The number of benzene rings is 2. The first-order chi connectivity index (χ1) is 14.5. The van der Waals surface area contributed by atoms with Gasteiger partial charge in [0.05, 0.1) is 22.8 Å². The predicted molar refractivity (Wildman–Crippen MR) is 121 cm³/mol. The molecule has 0 saturated carbocycles. The molecule has 2 aromatic carbocycles. The number of hydrogen-bond donors (Lipinski definition) is 1. The van der Waals surface area contributed by atoms with Gasteiger partial charge in [0, 0.05) is 30.8 Å². The Hall–Kier alpha value is -2.14. The molecule has 3 rings (SSSR count). The van der Waals surface area contributed by atoms with E-state index in [-0.39, 0.29) is 17.3 Å². The fraction of sp³-hybridized carbons (Fsp3) is 0.350. The molecular weight excluding hydrogens is 462 g/mol. The second kappa shape index (κ2) is 9.15. The fourth-order valence-corrected chi connectivity index (χ4v) is 5.49. The van der Waals surface area contributed by atoms with Crippen molar-refractivity contribution in [1.29, 1.82) is 0 Å². The molecule has 0 unspecified atom stereocenters. The lowest BCUT2D eigenvalue weighted by molar-refractivity contribution is -0.120. The number of carbonyl (C=O) groups is 1. The van der Waals surface area contributed by atoms with Crippen molar-refractivity contribution in [2.75, 3.05) is 36.0 Å². The van der Waals surface area contributed by atoms with Crippen LogP contribution in [0, 0.1) is 5.92 Å². The van der Waals surface area contributed by atoms with Crippen molar-refractivity contribution >= 4 is 48.9 Å². The summed E-state index contributed by atoms with van der Waals surface area (Å²) in [6, 6.07) is 12.4. The van der Waals surface area contributed by atoms with E-state index in [0.717, 1.165) is 10.6 Å². The van der Waals surface area contributed by atoms with E-state index >= 15 is 0 Å². The molecule has 1 aliphatic rings. The lowest BCUT2D eigenvalue weighted by Gasteiger charge is -2.31. The minimum absolute atomic E-state index is 0.0692. The number of hydrogen-bond acceptors (Lipinski definition) is 5. The molecule has 0 aromatic heterocycles. The number of halogens is 1. The summed E-state index contributed by atoms with van der Waals surface area (Å²) in [5, 5.41) is 3.22. The van der Waals surface area contributed by atoms with E-state index in [1.165, 1.54) is 35.6 Å². The van der Waals surface area contributed by atoms with Crippen LogP contribution < -0.4 is 9.62 Å². The Morgan fingerprint density at radius 3 is 2.45 bits per heavy atom. The van der Waals surface area contributed by atoms with E-state index in [0.29, 0.717) is 35.8 Å². The van der Waals surface area contributed by atoms with Gasteiger partial charge in [0.2, 0.25) is 26.0 Å². The summed E-state index contributed by atoms with van der Waals surface area (Å²) in [6.45, 7) is 0.406. The van der Waals surface area contributed by atoms with Gasteiger partial charge in [0.25, 0.3) is 0 Å². The van der Waals surface area contributed by atoms with Gasteiger partial charge in [0.15, 0.2) is 0 Å². The van der Waals surface area contributed by atoms with Gasteiger partial charge in [-0.15, -0.1) is 0 Å². The first-order valence-corrected chi connectivity index (χ1v) is 13.3. The van der Waals surface area contributed by atoms with Gasteiger partial charge in [-0.3, -0.25) is 9.10 Å². The lowest BCUT2D eigenvalue weighted by atomic mass is 9.98. The summed E-state index contributed by atoms with van der Waals surface area (Å²) in [7, 11) is -5.74. The number of nitrogens with zero attached hydrogens (tertiary/aromatic N) is 2. The molecule has 1 saturated heterocycles. The van der Waals surface area contributed by atoms with E-state index in [9.17, 15) is 21.6 Å². The van der Waals surface area contributed by atoms with Crippen LogP contribution in [-0.4, -0.2) is 53.4 Å². The monoisotopic (exact) mass is 485 g/mol. The Morgan fingerprint density at radius 1 is 1.13 bits per heavy atom. The molecular formula is C20H24ClN3O5S2. The number of anilines is 2. The van der Waals surface area contributed by atoms with Gasteiger partial charge in [-0.1, -0.05) is 17.7 Å². The molecule has 1 fully saturated rings. The van der Waals surface area contributed by atoms with Crippen LogP contribution in [-0.2, 0) is 24.8 Å². The number of amides is 1. The third-order valence-electron chi connectivity index (χ3n) is 5.18. The second-order valence-corrected chi connectivity index (χ2v) is 11.8. The van der Waals surface area contributed by atoms with Gasteiger partial charge < -0.3 is 5.32 Å². The molecule has 0 spiro atoms. The Balaban J connectivity index is 1.72. The smallest absolute Gasteiger partial charge is 0.243 e. The first kappa shape index (κ1) is 23.5. The highest BCUT2D eigenvalue weighted by atomic mass is 35.5. The average Bonchev–Trinajstić information content (AvgIpc) is 2.73. The van der Waals surface area contributed by atoms with Crippen molar-refractivity contribution in [3.05, 3.63) is 53.6 Å². The normalized spacial score (nSPS) is 17.8. The molecule has 168 valence electrons. The minimum atomic E-state index is -3.73. The standard InChI is InChI=1S/C20H24ClN3O5S2/c1-23(30(2,26)27)18-7-3-6-17(13-18)22-20(25)15-5-4-12-24(14-15)31(28,29)19-10-8-16(21)9-11-19/h3,6-11,13,15H,4-5,12,14H2,1-2H3,(H,22,25)/t15-/m0/s1. The molecule has 1 atom stereocenters. The van der Waals surface area contributed by atoms with E-state index < -0.39 is 26.0 Å². The van der Waals surface area contributed by atoms with Gasteiger partial charge in [-0.25, -0.2) is 16.8 Å². The third kappa shape index (κ3) is 5.57. The molecule has 2 aromatic rings. The Labute approximate surface area is 187 Å². The van der Waals surface area contributed by atoms with Crippen LogP contribution >= 0.6 is 11.6 Å². The lowest BCUT2D eigenvalue weighted by Crippen LogP contribution is -2.43. The second-order valence-electron chi connectivity index (χ2n) is 7.43. The zero-order valence-electron chi connectivity index (χ0n) is 17.2. The Morgan fingerprint density at radius 2 is 1.81 bits per heavy atom. The van der Waals surface area contributed by atoms with Crippen LogP contribution in [0.3, 0.4) is 0 Å². The number of carbonyl (C=O) groups excluding carboxylic acids is 1. The Bertz CT molecular complexity index is 1170. The number of sulfonamides is 2. The summed E-state index contributed by atoms with van der Waals surface area (Å²) in [4.78, 5) is 13.0.